The molecule has 0 bridgehead atoms. The van der Waals surface area contributed by atoms with E-state index >= 15 is 0 Å². The molecule has 7 aromatic rings. The van der Waals surface area contributed by atoms with Crippen LogP contribution in [0.5, 0.6) is 0 Å². The van der Waals surface area contributed by atoms with Crippen molar-refractivity contribution in [2.24, 2.45) is 0 Å². The van der Waals surface area contributed by atoms with E-state index in [2.05, 4.69) is 144 Å². The molecule has 0 radical (unpaired) electrons. The maximum Gasteiger partial charge on any atom is 0.0708 e. The molecule has 2 nitrogen and oxygen atoms in total. The van der Waals surface area contributed by atoms with Gasteiger partial charge in [0.15, 0.2) is 0 Å². The highest BCUT2D eigenvalue weighted by atomic mass is 15.1. The van der Waals surface area contributed by atoms with E-state index in [-0.39, 0.29) is 0 Å². The van der Waals surface area contributed by atoms with E-state index in [1.807, 2.05) is 6.20 Å². The molecule has 6 aromatic carbocycles. The summed E-state index contributed by atoms with van der Waals surface area (Å²) in [5.74, 6) is 0. The second-order valence-electron chi connectivity index (χ2n) is 9.37. The van der Waals surface area contributed by atoms with E-state index < -0.39 is 0 Å². The van der Waals surface area contributed by atoms with Gasteiger partial charge in [-0.25, -0.2) is 0 Å². The second kappa shape index (κ2) is 8.92. The zero-order chi connectivity index (χ0) is 24.6. The molecule has 174 valence electrons. The molecule has 0 atom stereocenters. The molecule has 37 heavy (non-hydrogen) atoms. The van der Waals surface area contributed by atoms with E-state index in [1.165, 1.54) is 26.9 Å². The zero-order valence-corrected chi connectivity index (χ0v) is 20.3. The molecule has 1 heterocycles. The number of para-hydroxylation sites is 1. The Balaban J connectivity index is 1.37. The second-order valence-corrected chi connectivity index (χ2v) is 9.37. The molecule has 0 fully saturated rings. The molecule has 0 aliphatic carbocycles. The van der Waals surface area contributed by atoms with Crippen LogP contribution in [-0.2, 0) is 0 Å². The molecule has 0 unspecified atom stereocenters. The number of nitrogens with zero attached hydrogens (tertiary/aromatic N) is 2. The summed E-state index contributed by atoms with van der Waals surface area (Å²) in [4.78, 5) is 7.08. The molecule has 2 heteroatoms. The Hall–Kier alpha value is -4.95. The molecule has 0 saturated carbocycles. The third-order valence-electron chi connectivity index (χ3n) is 7.01. The van der Waals surface area contributed by atoms with Crippen LogP contribution in [0.1, 0.15) is 0 Å². The summed E-state index contributed by atoms with van der Waals surface area (Å²) in [6, 6.07) is 49.6. The van der Waals surface area contributed by atoms with Crippen molar-refractivity contribution in [3.05, 3.63) is 146 Å². The third kappa shape index (κ3) is 3.99. The Morgan fingerprint density at radius 2 is 0.946 bits per heavy atom. The van der Waals surface area contributed by atoms with Gasteiger partial charge in [0.05, 0.1) is 5.69 Å². The van der Waals surface area contributed by atoms with Crippen LogP contribution in [0.3, 0.4) is 0 Å². The molecule has 0 spiro atoms. The lowest BCUT2D eigenvalue weighted by Crippen LogP contribution is -2.09. The Morgan fingerprint density at radius 3 is 1.70 bits per heavy atom. The van der Waals surface area contributed by atoms with Crippen LogP contribution < -0.4 is 4.90 Å². The van der Waals surface area contributed by atoms with Gasteiger partial charge in [-0.2, -0.15) is 0 Å². The molecular weight excluding hydrogens is 448 g/mol. The first-order valence-electron chi connectivity index (χ1n) is 12.5. The summed E-state index contributed by atoms with van der Waals surface area (Å²) in [7, 11) is 0. The van der Waals surface area contributed by atoms with Crippen molar-refractivity contribution >= 4 is 49.4 Å². The monoisotopic (exact) mass is 472 g/mol. The van der Waals surface area contributed by atoms with Gasteiger partial charge >= 0.3 is 0 Å². The normalized spacial score (nSPS) is 11.2. The smallest absolute Gasteiger partial charge is 0.0708 e. The molecule has 0 N–H and O–H groups in total. The van der Waals surface area contributed by atoms with Crippen molar-refractivity contribution in [1.29, 1.82) is 0 Å². The summed E-state index contributed by atoms with van der Waals surface area (Å²) in [5, 5.41) is 7.22. The summed E-state index contributed by atoms with van der Waals surface area (Å²) < 4.78 is 0. The maximum atomic E-state index is 4.76. The summed E-state index contributed by atoms with van der Waals surface area (Å²) in [6.07, 6.45) is 1.96. The van der Waals surface area contributed by atoms with E-state index in [1.54, 1.807) is 0 Å². The molecule has 0 amide bonds. The first-order valence-corrected chi connectivity index (χ1v) is 12.5. The number of hydrogen-bond donors (Lipinski definition) is 0. The molecular formula is C35H24N2. The summed E-state index contributed by atoms with van der Waals surface area (Å²) in [6.45, 7) is 0. The minimum Gasteiger partial charge on any atom is -0.310 e. The van der Waals surface area contributed by atoms with E-state index in [4.69, 9.17) is 4.98 Å². The molecule has 7 rings (SSSR count). The van der Waals surface area contributed by atoms with Crippen molar-refractivity contribution in [2.45, 2.75) is 0 Å². The topological polar surface area (TPSA) is 16.1 Å². The molecule has 0 saturated heterocycles. The molecule has 1 aromatic heterocycles. The van der Waals surface area contributed by atoms with Crippen LogP contribution in [0.25, 0.3) is 43.6 Å². The fourth-order valence-electron chi connectivity index (χ4n) is 5.11. The average molecular weight is 473 g/mol. The van der Waals surface area contributed by atoms with Gasteiger partial charge in [-0.1, -0.05) is 91.0 Å². The van der Waals surface area contributed by atoms with Gasteiger partial charge in [-0.15, -0.1) is 0 Å². The Morgan fingerprint density at radius 1 is 0.378 bits per heavy atom. The van der Waals surface area contributed by atoms with Crippen molar-refractivity contribution < 1.29 is 0 Å². The van der Waals surface area contributed by atoms with Gasteiger partial charge < -0.3 is 4.90 Å². The average Bonchev–Trinajstić information content (AvgIpc) is 2.97. The first-order chi connectivity index (χ1) is 18.3. The van der Waals surface area contributed by atoms with Crippen molar-refractivity contribution in [2.75, 3.05) is 4.90 Å². The van der Waals surface area contributed by atoms with Crippen LogP contribution in [-0.4, -0.2) is 4.98 Å². The van der Waals surface area contributed by atoms with Gasteiger partial charge in [-0.05, 0) is 75.5 Å². The number of anilines is 3. The lowest BCUT2D eigenvalue weighted by Gasteiger charge is -2.26. The highest BCUT2D eigenvalue weighted by Gasteiger charge is 2.14. The van der Waals surface area contributed by atoms with Crippen LogP contribution in [0.15, 0.2) is 146 Å². The van der Waals surface area contributed by atoms with E-state index in [0.717, 1.165) is 33.7 Å². The van der Waals surface area contributed by atoms with Crippen LogP contribution in [0, 0.1) is 0 Å². The molecule has 0 aliphatic rings. The van der Waals surface area contributed by atoms with Gasteiger partial charge in [0, 0.05) is 34.2 Å². The van der Waals surface area contributed by atoms with E-state index in [0.29, 0.717) is 0 Å². The zero-order valence-electron chi connectivity index (χ0n) is 20.3. The fraction of sp³-hybridized carbons (Fsp3) is 0. The number of benzene rings is 6. The largest absolute Gasteiger partial charge is 0.310 e. The van der Waals surface area contributed by atoms with E-state index in [9.17, 15) is 0 Å². The van der Waals surface area contributed by atoms with Gasteiger partial charge in [0.1, 0.15) is 0 Å². The van der Waals surface area contributed by atoms with Crippen LogP contribution in [0.2, 0.25) is 0 Å². The quantitative estimate of drug-likeness (QED) is 0.253. The third-order valence-corrected chi connectivity index (χ3v) is 7.01. The lowest BCUT2D eigenvalue weighted by atomic mass is 10.0. The minimum absolute atomic E-state index is 0.987. The fourth-order valence-corrected chi connectivity index (χ4v) is 5.11. The standard InChI is InChI=1S/C35H24N2/c1-2-12-32(13-3-1)37(33-18-16-25-8-4-5-9-27(25)21-33)34-19-17-26-14-15-29(20-31(26)22-34)35-23-28-10-6-7-11-30(28)24-36-35/h1-24H. The predicted molar refractivity (Wildman–Crippen MR) is 157 cm³/mol. The van der Waals surface area contributed by atoms with Gasteiger partial charge in [0.25, 0.3) is 0 Å². The van der Waals surface area contributed by atoms with Crippen molar-refractivity contribution in [3.63, 3.8) is 0 Å². The minimum atomic E-state index is 0.987. The number of rotatable bonds is 4. The van der Waals surface area contributed by atoms with Crippen molar-refractivity contribution in [3.8, 4) is 11.3 Å². The summed E-state index contributed by atoms with van der Waals surface area (Å²) in [5.41, 5.74) is 5.49. The van der Waals surface area contributed by atoms with Gasteiger partial charge in [-0.3, -0.25) is 4.98 Å². The lowest BCUT2D eigenvalue weighted by molar-refractivity contribution is 1.29. The van der Waals surface area contributed by atoms with Crippen LogP contribution in [0.4, 0.5) is 17.1 Å². The molecule has 0 aliphatic heterocycles. The number of aromatic nitrogens is 1. The Labute approximate surface area is 216 Å². The number of hydrogen-bond acceptors (Lipinski definition) is 2. The Kier molecular flexibility index (Phi) is 5.15. The number of fused-ring (bicyclic) bond motifs is 3. The first kappa shape index (κ1) is 21.3. The summed E-state index contributed by atoms with van der Waals surface area (Å²) >= 11 is 0. The highest BCUT2D eigenvalue weighted by molar-refractivity contribution is 5.94. The van der Waals surface area contributed by atoms with Gasteiger partial charge in [0.2, 0.25) is 0 Å². The van der Waals surface area contributed by atoms with Crippen LogP contribution >= 0.6 is 0 Å². The predicted octanol–water partition coefficient (Wildman–Crippen LogP) is 9.68. The maximum absolute atomic E-state index is 4.76. The Bertz CT molecular complexity index is 1890. The SMILES string of the molecule is c1ccc(N(c2ccc3ccccc3c2)c2ccc3ccc(-c4cc5ccccc5cn4)cc3c2)cc1. The number of pyridine rings is 1. The van der Waals surface area contributed by atoms with Crippen molar-refractivity contribution in [1.82, 2.24) is 4.98 Å². The highest BCUT2D eigenvalue weighted by Crippen LogP contribution is 2.38.